The third-order valence-electron chi connectivity index (χ3n) is 1.62. The van der Waals surface area contributed by atoms with Crippen LogP contribution in [0.1, 0.15) is 21.7 Å². The summed E-state index contributed by atoms with van der Waals surface area (Å²) in [5.74, 6) is -1.74. The second kappa shape index (κ2) is 4.06. The van der Waals surface area contributed by atoms with Gasteiger partial charge in [-0.25, -0.2) is 9.78 Å². The highest BCUT2D eigenvalue weighted by atomic mass is 35.5. The first-order valence-corrected chi connectivity index (χ1v) is 4.26. The summed E-state index contributed by atoms with van der Waals surface area (Å²) in [6, 6.07) is 1.45. The van der Waals surface area contributed by atoms with E-state index in [0.29, 0.717) is 6.07 Å². The predicted molar refractivity (Wildman–Crippen MR) is 45.8 cm³/mol. The molecule has 0 saturated heterocycles. The van der Waals surface area contributed by atoms with E-state index in [0.717, 1.165) is 6.07 Å². The molecular formula is C8H5ClF3NO2. The second-order valence-electron chi connectivity index (χ2n) is 2.63. The Kier molecular flexibility index (Phi) is 3.18. The fraction of sp³-hybridized carbons (Fsp3) is 0.250. The van der Waals surface area contributed by atoms with Crippen LogP contribution in [0.3, 0.4) is 0 Å². The first kappa shape index (κ1) is 11.8. The highest BCUT2D eigenvalue weighted by Gasteiger charge is 2.33. The molecule has 1 heterocycles. The van der Waals surface area contributed by atoms with Gasteiger partial charge in [-0.15, -0.1) is 11.6 Å². The number of pyridine rings is 1. The summed E-state index contributed by atoms with van der Waals surface area (Å²) < 4.78 is 36.6. The van der Waals surface area contributed by atoms with Gasteiger partial charge in [-0.1, -0.05) is 0 Å². The lowest BCUT2D eigenvalue weighted by atomic mass is 10.2. The maximum atomic E-state index is 12.2. The number of hydrogen-bond acceptors (Lipinski definition) is 2. The van der Waals surface area contributed by atoms with Gasteiger partial charge < -0.3 is 5.11 Å². The number of nitrogens with zero attached hydrogens (tertiary/aromatic N) is 1. The van der Waals surface area contributed by atoms with Crippen LogP contribution in [0.25, 0.3) is 0 Å². The van der Waals surface area contributed by atoms with Crippen LogP contribution < -0.4 is 0 Å². The lowest BCUT2D eigenvalue weighted by Crippen LogP contribution is -2.12. The number of aromatic carboxylic acids is 1. The maximum absolute atomic E-state index is 12.2. The van der Waals surface area contributed by atoms with Crippen LogP contribution in [0.4, 0.5) is 13.2 Å². The molecule has 0 aliphatic rings. The molecule has 0 aromatic carbocycles. The van der Waals surface area contributed by atoms with E-state index in [-0.39, 0.29) is 17.1 Å². The van der Waals surface area contributed by atoms with Crippen LogP contribution in [0.5, 0.6) is 0 Å². The first-order chi connectivity index (χ1) is 6.86. The monoisotopic (exact) mass is 239 g/mol. The first-order valence-electron chi connectivity index (χ1n) is 3.72. The summed E-state index contributed by atoms with van der Waals surface area (Å²) in [4.78, 5) is 13.7. The van der Waals surface area contributed by atoms with E-state index < -0.39 is 17.8 Å². The Hall–Kier alpha value is -1.30. The van der Waals surface area contributed by atoms with Gasteiger partial charge in [0.1, 0.15) is 5.69 Å². The van der Waals surface area contributed by atoms with Crippen molar-refractivity contribution in [3.63, 3.8) is 0 Å². The number of hydrogen-bond donors (Lipinski definition) is 1. The van der Waals surface area contributed by atoms with Crippen LogP contribution in [-0.2, 0) is 12.1 Å². The quantitative estimate of drug-likeness (QED) is 0.807. The highest BCUT2D eigenvalue weighted by molar-refractivity contribution is 6.17. The topological polar surface area (TPSA) is 50.2 Å². The lowest BCUT2D eigenvalue weighted by molar-refractivity contribution is -0.141. The second-order valence-corrected chi connectivity index (χ2v) is 2.89. The third-order valence-corrected chi connectivity index (χ3v) is 1.87. The fourth-order valence-corrected chi connectivity index (χ4v) is 1.16. The number of carboxylic acid groups (broad SMARTS) is 1. The van der Waals surface area contributed by atoms with Crippen molar-refractivity contribution in [3.8, 4) is 0 Å². The maximum Gasteiger partial charge on any atom is 0.433 e. The van der Waals surface area contributed by atoms with E-state index in [1.165, 1.54) is 0 Å². The van der Waals surface area contributed by atoms with Gasteiger partial charge >= 0.3 is 12.1 Å². The molecule has 3 nitrogen and oxygen atoms in total. The molecule has 0 fully saturated rings. The molecule has 1 aromatic rings. The van der Waals surface area contributed by atoms with Crippen molar-refractivity contribution >= 4 is 17.6 Å². The molecule has 0 radical (unpaired) electrons. The van der Waals surface area contributed by atoms with Gasteiger partial charge in [-0.05, 0) is 12.1 Å². The summed E-state index contributed by atoms with van der Waals surface area (Å²) in [5, 5.41) is 8.61. The SMILES string of the molecule is O=C(O)c1ccc(C(F)(F)F)nc1CCl. The molecule has 0 spiro atoms. The van der Waals surface area contributed by atoms with Crippen LogP contribution in [0.15, 0.2) is 12.1 Å². The number of halogens is 4. The fourth-order valence-electron chi connectivity index (χ4n) is 0.956. The zero-order valence-electron chi connectivity index (χ0n) is 7.18. The molecule has 82 valence electrons. The van der Waals surface area contributed by atoms with Crippen molar-refractivity contribution in [2.45, 2.75) is 12.1 Å². The van der Waals surface area contributed by atoms with E-state index in [9.17, 15) is 18.0 Å². The van der Waals surface area contributed by atoms with Crippen molar-refractivity contribution in [1.82, 2.24) is 4.98 Å². The third kappa shape index (κ3) is 2.59. The number of carboxylic acids is 1. The summed E-state index contributed by atoms with van der Waals surface area (Å²) in [7, 11) is 0. The van der Waals surface area contributed by atoms with Gasteiger partial charge in [-0.3, -0.25) is 0 Å². The van der Waals surface area contributed by atoms with E-state index in [2.05, 4.69) is 4.98 Å². The average Bonchev–Trinajstić information content (AvgIpc) is 2.15. The standard InChI is InChI=1S/C8H5ClF3NO2/c9-3-5-4(7(14)15)1-2-6(13-5)8(10,11)12/h1-2H,3H2,(H,14,15). The Balaban J connectivity index is 3.25. The minimum absolute atomic E-state index is 0.293. The summed E-state index contributed by atoms with van der Waals surface area (Å²) in [6.07, 6.45) is -4.60. The number of rotatable bonds is 2. The number of carbonyl (C=O) groups is 1. The molecule has 0 aliphatic heterocycles. The van der Waals surface area contributed by atoms with Crippen molar-refractivity contribution in [3.05, 3.63) is 29.1 Å². The van der Waals surface area contributed by atoms with Gasteiger partial charge in [0.2, 0.25) is 0 Å². The van der Waals surface area contributed by atoms with Gasteiger partial charge in [-0.2, -0.15) is 13.2 Å². The van der Waals surface area contributed by atoms with Crippen molar-refractivity contribution in [1.29, 1.82) is 0 Å². The number of aromatic nitrogens is 1. The lowest BCUT2D eigenvalue weighted by Gasteiger charge is -2.08. The Bertz CT molecular complexity index is 392. The van der Waals surface area contributed by atoms with Gasteiger partial charge in [0.25, 0.3) is 0 Å². The van der Waals surface area contributed by atoms with Crippen molar-refractivity contribution in [2.75, 3.05) is 0 Å². The molecule has 0 saturated carbocycles. The molecule has 0 unspecified atom stereocenters. The van der Waals surface area contributed by atoms with Gasteiger partial charge in [0.15, 0.2) is 0 Å². The Morgan fingerprint density at radius 1 is 1.47 bits per heavy atom. The summed E-state index contributed by atoms with van der Waals surface area (Å²) in [6.45, 7) is 0. The molecule has 15 heavy (non-hydrogen) atoms. The molecule has 7 heteroatoms. The van der Waals surface area contributed by atoms with Gasteiger partial charge in [0.05, 0.1) is 17.1 Å². The Morgan fingerprint density at radius 2 is 2.07 bits per heavy atom. The average molecular weight is 240 g/mol. The smallest absolute Gasteiger partial charge is 0.433 e. The van der Waals surface area contributed by atoms with E-state index >= 15 is 0 Å². The highest BCUT2D eigenvalue weighted by Crippen LogP contribution is 2.28. The predicted octanol–water partition coefficient (Wildman–Crippen LogP) is 2.54. The minimum atomic E-state index is -4.60. The van der Waals surface area contributed by atoms with E-state index in [1.807, 2.05) is 0 Å². The summed E-state index contributed by atoms with van der Waals surface area (Å²) >= 11 is 5.31. The molecular weight excluding hydrogens is 235 g/mol. The van der Waals surface area contributed by atoms with E-state index in [4.69, 9.17) is 16.7 Å². The molecule has 1 aromatic heterocycles. The normalized spacial score (nSPS) is 11.5. The zero-order chi connectivity index (χ0) is 11.6. The number of alkyl halides is 4. The molecule has 0 atom stereocenters. The van der Waals surface area contributed by atoms with Crippen LogP contribution in [0, 0.1) is 0 Å². The van der Waals surface area contributed by atoms with Gasteiger partial charge in [0, 0.05) is 0 Å². The summed E-state index contributed by atoms with van der Waals surface area (Å²) in [5.41, 5.74) is -1.76. The molecule has 0 amide bonds. The Morgan fingerprint density at radius 3 is 2.47 bits per heavy atom. The van der Waals surface area contributed by atoms with Crippen molar-refractivity contribution in [2.24, 2.45) is 0 Å². The van der Waals surface area contributed by atoms with Crippen LogP contribution >= 0.6 is 11.6 Å². The Labute approximate surface area is 87.5 Å². The molecule has 1 N–H and O–H groups in total. The molecule has 1 rings (SSSR count). The zero-order valence-corrected chi connectivity index (χ0v) is 7.93. The molecule has 0 bridgehead atoms. The van der Waals surface area contributed by atoms with E-state index in [1.54, 1.807) is 0 Å². The largest absolute Gasteiger partial charge is 0.478 e. The molecule has 0 aliphatic carbocycles. The van der Waals surface area contributed by atoms with Crippen LogP contribution in [-0.4, -0.2) is 16.1 Å². The minimum Gasteiger partial charge on any atom is -0.478 e. The van der Waals surface area contributed by atoms with Crippen LogP contribution in [0.2, 0.25) is 0 Å². The van der Waals surface area contributed by atoms with Crippen molar-refractivity contribution < 1.29 is 23.1 Å².